The van der Waals surface area contributed by atoms with Gasteiger partial charge in [-0.15, -0.1) is 0 Å². The molecule has 11 heavy (non-hydrogen) atoms. The molecule has 0 radical (unpaired) electrons. The lowest BCUT2D eigenvalue weighted by Gasteiger charge is -2.35. The summed E-state index contributed by atoms with van der Waals surface area (Å²) in [4.78, 5) is 0. The van der Waals surface area contributed by atoms with Crippen molar-refractivity contribution in [3.63, 3.8) is 0 Å². The van der Waals surface area contributed by atoms with Crippen LogP contribution in [0.2, 0.25) is 0 Å². The van der Waals surface area contributed by atoms with Gasteiger partial charge in [0.15, 0.2) is 0 Å². The van der Waals surface area contributed by atoms with Crippen LogP contribution in [0.3, 0.4) is 0 Å². The van der Waals surface area contributed by atoms with Crippen LogP contribution in [-0.2, 0) is 11.3 Å². The minimum absolute atomic E-state index is 0.427. The third-order valence-electron chi connectivity index (χ3n) is 1.60. The fourth-order valence-electron chi connectivity index (χ4n) is 1.25. The zero-order valence-electron chi connectivity index (χ0n) is 6.65. The minimum atomic E-state index is -2.02. The van der Waals surface area contributed by atoms with Crippen molar-refractivity contribution in [3.8, 4) is 0 Å². The number of hydrogen-bond acceptors (Lipinski definition) is 3. The molecule has 0 amide bonds. The SMILES string of the molecule is CC1CN(S(=O)[O-])CC(C)S1. The molecule has 0 aromatic carbocycles. The van der Waals surface area contributed by atoms with E-state index in [0.29, 0.717) is 23.6 Å². The third-order valence-corrected chi connectivity index (χ3v) is 3.54. The summed E-state index contributed by atoms with van der Waals surface area (Å²) in [5.41, 5.74) is 0. The maximum absolute atomic E-state index is 10.6. The maximum Gasteiger partial charge on any atom is 0.0219 e. The van der Waals surface area contributed by atoms with E-state index in [4.69, 9.17) is 0 Å². The molecule has 0 saturated carbocycles. The van der Waals surface area contributed by atoms with E-state index >= 15 is 0 Å². The second kappa shape index (κ2) is 3.89. The average molecular weight is 194 g/mol. The molecule has 0 aromatic rings. The summed E-state index contributed by atoms with van der Waals surface area (Å²) >= 11 is -0.176. The van der Waals surface area contributed by atoms with Gasteiger partial charge >= 0.3 is 0 Å². The van der Waals surface area contributed by atoms with Gasteiger partial charge in [0.1, 0.15) is 0 Å². The van der Waals surface area contributed by atoms with Gasteiger partial charge in [-0.25, -0.2) is 4.31 Å². The first-order valence-electron chi connectivity index (χ1n) is 3.59. The van der Waals surface area contributed by atoms with E-state index in [-0.39, 0.29) is 0 Å². The molecule has 0 aliphatic carbocycles. The predicted octanol–water partition coefficient (Wildman–Crippen LogP) is 0.606. The second-order valence-electron chi connectivity index (χ2n) is 2.82. The van der Waals surface area contributed by atoms with E-state index in [1.807, 2.05) is 11.8 Å². The fraction of sp³-hybridized carbons (Fsp3) is 1.00. The number of nitrogens with zero attached hydrogens (tertiary/aromatic N) is 1. The fourth-order valence-corrected chi connectivity index (χ4v) is 3.46. The smallest absolute Gasteiger partial charge is 0.0219 e. The zero-order chi connectivity index (χ0) is 8.43. The van der Waals surface area contributed by atoms with Gasteiger partial charge in [-0.2, -0.15) is 11.8 Å². The molecular weight excluding hydrogens is 182 g/mol. The third kappa shape index (κ3) is 2.74. The van der Waals surface area contributed by atoms with Crippen LogP contribution in [0.15, 0.2) is 0 Å². The van der Waals surface area contributed by atoms with Crippen molar-refractivity contribution in [2.24, 2.45) is 0 Å². The Balaban J connectivity index is 2.49. The Morgan fingerprint density at radius 3 is 2.27 bits per heavy atom. The Morgan fingerprint density at radius 2 is 1.91 bits per heavy atom. The maximum atomic E-state index is 10.6. The Morgan fingerprint density at radius 1 is 1.45 bits per heavy atom. The Bertz CT molecular complexity index is 155. The lowest BCUT2D eigenvalue weighted by Crippen LogP contribution is -2.41. The molecule has 1 heterocycles. The summed E-state index contributed by atoms with van der Waals surface area (Å²) in [6.07, 6.45) is 0. The van der Waals surface area contributed by atoms with E-state index in [2.05, 4.69) is 13.8 Å². The van der Waals surface area contributed by atoms with Gasteiger partial charge in [-0.1, -0.05) is 13.8 Å². The quantitative estimate of drug-likeness (QED) is 0.574. The van der Waals surface area contributed by atoms with E-state index in [9.17, 15) is 8.76 Å². The number of thioether (sulfide) groups is 1. The first kappa shape index (κ1) is 9.51. The van der Waals surface area contributed by atoms with Crippen LogP contribution in [-0.4, -0.2) is 36.7 Å². The van der Waals surface area contributed by atoms with Crippen molar-refractivity contribution >= 4 is 23.0 Å². The average Bonchev–Trinajstić information content (AvgIpc) is 1.85. The Labute approximate surface area is 74.0 Å². The first-order valence-corrected chi connectivity index (χ1v) is 5.57. The standard InChI is InChI=1S/C6H13NO2S2/c1-5-3-7(11(8)9)4-6(2)10-5/h5-6H,3-4H2,1-2H3,(H,8,9)/p-1. The summed E-state index contributed by atoms with van der Waals surface area (Å²) in [6, 6.07) is 0. The molecule has 0 spiro atoms. The van der Waals surface area contributed by atoms with Gasteiger partial charge in [0.25, 0.3) is 0 Å². The molecule has 5 heteroatoms. The molecule has 0 N–H and O–H groups in total. The van der Waals surface area contributed by atoms with Crippen molar-refractivity contribution in [2.75, 3.05) is 13.1 Å². The molecule has 1 aliphatic rings. The molecule has 66 valence electrons. The lowest BCUT2D eigenvalue weighted by atomic mass is 10.4. The van der Waals surface area contributed by atoms with Gasteiger partial charge in [-0.3, -0.25) is 4.21 Å². The van der Waals surface area contributed by atoms with Gasteiger partial charge < -0.3 is 4.55 Å². The molecule has 1 aliphatic heterocycles. The van der Waals surface area contributed by atoms with Crippen molar-refractivity contribution in [2.45, 2.75) is 24.3 Å². The largest absolute Gasteiger partial charge is 0.760 e. The topological polar surface area (TPSA) is 43.4 Å². The van der Waals surface area contributed by atoms with E-state index in [1.165, 1.54) is 4.31 Å². The summed E-state index contributed by atoms with van der Waals surface area (Å²) in [7, 11) is 0. The second-order valence-corrected chi connectivity index (χ2v) is 5.65. The van der Waals surface area contributed by atoms with Crippen LogP contribution < -0.4 is 0 Å². The monoisotopic (exact) mass is 194 g/mol. The highest BCUT2D eigenvalue weighted by atomic mass is 32.2. The van der Waals surface area contributed by atoms with Crippen molar-refractivity contribution < 1.29 is 8.76 Å². The predicted molar refractivity (Wildman–Crippen MR) is 47.0 cm³/mol. The van der Waals surface area contributed by atoms with Crippen molar-refractivity contribution in [3.05, 3.63) is 0 Å². The van der Waals surface area contributed by atoms with Crippen LogP contribution >= 0.6 is 11.8 Å². The van der Waals surface area contributed by atoms with Gasteiger partial charge in [0.2, 0.25) is 0 Å². The van der Waals surface area contributed by atoms with Crippen LogP contribution in [0.1, 0.15) is 13.8 Å². The lowest BCUT2D eigenvalue weighted by molar-refractivity contribution is 0.382. The molecule has 0 bridgehead atoms. The van der Waals surface area contributed by atoms with E-state index < -0.39 is 11.3 Å². The Hall–Kier alpha value is 0.420. The number of rotatable bonds is 1. The molecule has 3 nitrogen and oxygen atoms in total. The van der Waals surface area contributed by atoms with Crippen molar-refractivity contribution in [1.82, 2.24) is 4.31 Å². The zero-order valence-corrected chi connectivity index (χ0v) is 8.28. The molecule has 3 unspecified atom stereocenters. The summed E-state index contributed by atoms with van der Waals surface area (Å²) < 4.78 is 22.6. The number of hydrogen-bond donors (Lipinski definition) is 0. The van der Waals surface area contributed by atoms with Gasteiger partial charge in [-0.05, 0) is 0 Å². The molecule has 1 fully saturated rings. The van der Waals surface area contributed by atoms with Crippen LogP contribution in [0.4, 0.5) is 0 Å². The van der Waals surface area contributed by atoms with Crippen LogP contribution in [0, 0.1) is 0 Å². The van der Waals surface area contributed by atoms with Crippen molar-refractivity contribution in [1.29, 1.82) is 0 Å². The van der Waals surface area contributed by atoms with Crippen LogP contribution in [0.5, 0.6) is 0 Å². The molecule has 1 rings (SSSR count). The van der Waals surface area contributed by atoms with Gasteiger partial charge in [0, 0.05) is 34.9 Å². The first-order chi connectivity index (χ1) is 5.09. The summed E-state index contributed by atoms with van der Waals surface area (Å²) in [5.74, 6) is 0. The minimum Gasteiger partial charge on any atom is -0.760 e. The molecule has 1 saturated heterocycles. The van der Waals surface area contributed by atoms with Crippen LogP contribution in [0.25, 0.3) is 0 Å². The normalized spacial score (nSPS) is 37.0. The molecular formula is C6H12NO2S2-. The molecule has 3 atom stereocenters. The highest BCUT2D eigenvalue weighted by molar-refractivity contribution is 8.00. The highest BCUT2D eigenvalue weighted by Gasteiger charge is 2.22. The summed E-state index contributed by atoms with van der Waals surface area (Å²) in [6.45, 7) is 5.43. The summed E-state index contributed by atoms with van der Waals surface area (Å²) in [5, 5.41) is 0.855. The Kier molecular flexibility index (Phi) is 3.36. The highest BCUT2D eigenvalue weighted by Crippen LogP contribution is 2.24. The molecule has 0 aromatic heterocycles. The van der Waals surface area contributed by atoms with E-state index in [0.717, 1.165) is 0 Å². The van der Waals surface area contributed by atoms with E-state index in [1.54, 1.807) is 0 Å². The van der Waals surface area contributed by atoms with Gasteiger partial charge in [0.05, 0.1) is 0 Å².